The molecule has 0 amide bonds. The Balaban J connectivity index is 2.65. The third-order valence-electron chi connectivity index (χ3n) is 2.84. The lowest BCUT2D eigenvalue weighted by molar-refractivity contribution is 0.395. The molecule has 1 aromatic heterocycles. The number of hydrogen-bond donors (Lipinski definition) is 1. The summed E-state index contributed by atoms with van der Waals surface area (Å²) in [6.45, 7) is 1.94. The van der Waals surface area contributed by atoms with Gasteiger partial charge in [0.25, 0.3) is 0 Å². The van der Waals surface area contributed by atoms with Crippen LogP contribution in [-0.2, 0) is 0 Å². The minimum Gasteiger partial charge on any atom is -0.495 e. The van der Waals surface area contributed by atoms with Gasteiger partial charge in [0.05, 0.1) is 31.8 Å². The van der Waals surface area contributed by atoms with Crippen molar-refractivity contribution >= 4 is 17.3 Å². The van der Waals surface area contributed by atoms with Crippen molar-refractivity contribution in [1.29, 1.82) is 0 Å². The number of anilines is 1. The predicted molar refractivity (Wildman–Crippen MR) is 76.9 cm³/mol. The number of methoxy groups -OCH3 is 2. The van der Waals surface area contributed by atoms with Crippen LogP contribution in [0.5, 0.6) is 11.5 Å². The SMILES string of the molecule is COc1ccc(-c2ncc(N)cc2C)c(OC)c1Cl. The van der Waals surface area contributed by atoms with Crippen molar-refractivity contribution in [2.45, 2.75) is 6.92 Å². The van der Waals surface area contributed by atoms with E-state index in [0.717, 1.165) is 16.8 Å². The van der Waals surface area contributed by atoms with Gasteiger partial charge in [0.2, 0.25) is 0 Å². The minimum atomic E-state index is 0.431. The van der Waals surface area contributed by atoms with Crippen molar-refractivity contribution in [2.75, 3.05) is 20.0 Å². The van der Waals surface area contributed by atoms with Crippen molar-refractivity contribution in [3.8, 4) is 22.8 Å². The van der Waals surface area contributed by atoms with E-state index in [1.165, 1.54) is 0 Å². The number of benzene rings is 1. The maximum Gasteiger partial charge on any atom is 0.150 e. The molecule has 0 bridgehead atoms. The first-order chi connectivity index (χ1) is 9.08. The highest BCUT2D eigenvalue weighted by molar-refractivity contribution is 6.34. The van der Waals surface area contributed by atoms with E-state index in [-0.39, 0.29) is 0 Å². The molecule has 0 radical (unpaired) electrons. The second-order valence-corrected chi connectivity index (χ2v) is 4.47. The van der Waals surface area contributed by atoms with Crippen LogP contribution in [0.3, 0.4) is 0 Å². The van der Waals surface area contributed by atoms with Crippen LogP contribution in [0.25, 0.3) is 11.3 Å². The normalized spacial score (nSPS) is 10.3. The summed E-state index contributed by atoms with van der Waals surface area (Å²) in [5, 5.41) is 0.431. The van der Waals surface area contributed by atoms with Crippen LogP contribution in [0.2, 0.25) is 5.02 Å². The van der Waals surface area contributed by atoms with E-state index in [0.29, 0.717) is 22.2 Å². The Kier molecular flexibility index (Phi) is 3.81. The molecular formula is C14H15ClN2O2. The molecule has 0 aliphatic rings. The molecule has 5 heteroatoms. The molecule has 1 heterocycles. The lowest BCUT2D eigenvalue weighted by Gasteiger charge is -2.14. The molecule has 0 saturated carbocycles. The van der Waals surface area contributed by atoms with Gasteiger partial charge in [0.15, 0.2) is 5.75 Å². The third-order valence-corrected chi connectivity index (χ3v) is 3.20. The number of halogens is 1. The van der Waals surface area contributed by atoms with Crippen LogP contribution >= 0.6 is 11.6 Å². The summed E-state index contributed by atoms with van der Waals surface area (Å²) in [6.07, 6.45) is 1.61. The highest BCUT2D eigenvalue weighted by atomic mass is 35.5. The van der Waals surface area contributed by atoms with Crippen molar-refractivity contribution in [3.63, 3.8) is 0 Å². The number of nitrogen functional groups attached to an aromatic ring is 1. The molecule has 0 fully saturated rings. The Bertz CT molecular complexity index is 615. The molecule has 2 rings (SSSR count). The maximum absolute atomic E-state index is 6.25. The zero-order valence-corrected chi connectivity index (χ0v) is 11.8. The maximum atomic E-state index is 6.25. The van der Waals surface area contributed by atoms with E-state index in [9.17, 15) is 0 Å². The molecule has 0 aliphatic heterocycles. The lowest BCUT2D eigenvalue weighted by Crippen LogP contribution is -1.97. The number of aryl methyl sites for hydroxylation is 1. The predicted octanol–water partition coefficient (Wildman–Crippen LogP) is 3.31. The van der Waals surface area contributed by atoms with Gasteiger partial charge >= 0.3 is 0 Å². The van der Waals surface area contributed by atoms with Crippen molar-refractivity contribution < 1.29 is 9.47 Å². The van der Waals surface area contributed by atoms with Gasteiger partial charge in [-0.3, -0.25) is 4.98 Å². The zero-order chi connectivity index (χ0) is 14.0. The summed E-state index contributed by atoms with van der Waals surface area (Å²) in [7, 11) is 3.13. The highest BCUT2D eigenvalue weighted by Crippen LogP contribution is 2.42. The van der Waals surface area contributed by atoms with Gasteiger partial charge in [-0.15, -0.1) is 0 Å². The summed E-state index contributed by atoms with van der Waals surface area (Å²) in [6, 6.07) is 5.52. The van der Waals surface area contributed by atoms with Gasteiger partial charge < -0.3 is 15.2 Å². The average Bonchev–Trinajstić information content (AvgIpc) is 2.38. The second kappa shape index (κ2) is 5.36. The van der Waals surface area contributed by atoms with Gasteiger partial charge in [0.1, 0.15) is 10.8 Å². The highest BCUT2D eigenvalue weighted by Gasteiger charge is 2.16. The second-order valence-electron chi connectivity index (χ2n) is 4.10. The largest absolute Gasteiger partial charge is 0.495 e. The van der Waals surface area contributed by atoms with E-state index in [2.05, 4.69) is 4.98 Å². The Morgan fingerprint density at radius 2 is 1.95 bits per heavy atom. The van der Waals surface area contributed by atoms with E-state index in [1.54, 1.807) is 26.5 Å². The molecule has 4 nitrogen and oxygen atoms in total. The summed E-state index contributed by atoms with van der Waals surface area (Å²) in [4.78, 5) is 4.35. The fourth-order valence-electron chi connectivity index (χ4n) is 1.96. The number of aromatic nitrogens is 1. The third kappa shape index (κ3) is 2.44. The summed E-state index contributed by atoms with van der Waals surface area (Å²) in [5.74, 6) is 1.11. The molecular weight excluding hydrogens is 264 g/mol. The van der Waals surface area contributed by atoms with Crippen LogP contribution in [0.15, 0.2) is 24.4 Å². The first-order valence-electron chi connectivity index (χ1n) is 5.71. The quantitative estimate of drug-likeness (QED) is 0.936. The van der Waals surface area contributed by atoms with Crippen LogP contribution in [-0.4, -0.2) is 19.2 Å². The Morgan fingerprint density at radius 3 is 2.53 bits per heavy atom. The van der Waals surface area contributed by atoms with E-state index >= 15 is 0 Å². The molecule has 0 unspecified atom stereocenters. The fraction of sp³-hybridized carbons (Fsp3) is 0.214. The number of nitrogens with zero attached hydrogens (tertiary/aromatic N) is 1. The number of ether oxygens (including phenoxy) is 2. The van der Waals surface area contributed by atoms with E-state index in [1.807, 2.05) is 19.1 Å². The van der Waals surface area contributed by atoms with Gasteiger partial charge in [0, 0.05) is 5.56 Å². The van der Waals surface area contributed by atoms with Gasteiger partial charge in [-0.05, 0) is 30.7 Å². The van der Waals surface area contributed by atoms with Crippen molar-refractivity contribution in [3.05, 3.63) is 35.0 Å². The Labute approximate surface area is 117 Å². The average molecular weight is 279 g/mol. The number of hydrogen-bond acceptors (Lipinski definition) is 4. The molecule has 2 N–H and O–H groups in total. The van der Waals surface area contributed by atoms with Crippen LogP contribution in [0, 0.1) is 6.92 Å². The lowest BCUT2D eigenvalue weighted by atomic mass is 10.0. The van der Waals surface area contributed by atoms with Gasteiger partial charge in [-0.1, -0.05) is 11.6 Å². The van der Waals surface area contributed by atoms with E-state index < -0.39 is 0 Å². The minimum absolute atomic E-state index is 0.431. The fourth-order valence-corrected chi connectivity index (χ4v) is 2.28. The Hall–Kier alpha value is -1.94. The Morgan fingerprint density at radius 1 is 1.21 bits per heavy atom. The number of rotatable bonds is 3. The standard InChI is InChI=1S/C14H15ClN2O2/c1-8-6-9(16)7-17-13(8)10-4-5-11(18-2)12(15)14(10)19-3/h4-7H,16H2,1-3H3. The monoisotopic (exact) mass is 278 g/mol. The van der Waals surface area contributed by atoms with Crippen LogP contribution in [0.4, 0.5) is 5.69 Å². The van der Waals surface area contributed by atoms with Crippen molar-refractivity contribution in [2.24, 2.45) is 0 Å². The van der Waals surface area contributed by atoms with Crippen molar-refractivity contribution in [1.82, 2.24) is 4.98 Å². The van der Waals surface area contributed by atoms with Crippen LogP contribution in [0.1, 0.15) is 5.56 Å². The summed E-state index contributed by atoms with van der Waals surface area (Å²) >= 11 is 6.25. The first kappa shape index (κ1) is 13.5. The molecule has 1 aromatic carbocycles. The molecule has 0 spiro atoms. The zero-order valence-electron chi connectivity index (χ0n) is 11.0. The molecule has 0 saturated heterocycles. The number of nitrogens with two attached hydrogens (primary N) is 1. The smallest absolute Gasteiger partial charge is 0.150 e. The van der Waals surface area contributed by atoms with Gasteiger partial charge in [-0.2, -0.15) is 0 Å². The molecule has 0 atom stereocenters. The van der Waals surface area contributed by atoms with E-state index in [4.69, 9.17) is 26.8 Å². The molecule has 100 valence electrons. The summed E-state index contributed by atoms with van der Waals surface area (Å²) in [5.41, 5.74) is 8.89. The topological polar surface area (TPSA) is 57.4 Å². The molecule has 19 heavy (non-hydrogen) atoms. The first-order valence-corrected chi connectivity index (χ1v) is 6.09. The molecule has 2 aromatic rings. The summed E-state index contributed by atoms with van der Waals surface area (Å²) < 4.78 is 10.6. The number of pyridine rings is 1. The molecule has 0 aliphatic carbocycles. The van der Waals surface area contributed by atoms with Gasteiger partial charge in [-0.25, -0.2) is 0 Å². The van der Waals surface area contributed by atoms with Crippen LogP contribution < -0.4 is 15.2 Å².